The summed E-state index contributed by atoms with van der Waals surface area (Å²) in [4.78, 5) is 4.21. The molecule has 6 nitrogen and oxygen atoms in total. The van der Waals surface area contributed by atoms with Crippen LogP contribution in [0.15, 0.2) is 57.0 Å². The summed E-state index contributed by atoms with van der Waals surface area (Å²) in [5.74, 6) is 0.961. The fourth-order valence-corrected chi connectivity index (χ4v) is 4.50. The summed E-state index contributed by atoms with van der Waals surface area (Å²) in [5, 5.41) is 8.24. The van der Waals surface area contributed by atoms with E-state index in [1.807, 2.05) is 18.2 Å². The fourth-order valence-electron chi connectivity index (χ4n) is 2.43. The molecule has 2 atom stereocenters. The molecule has 2 unspecified atom stereocenters. The van der Waals surface area contributed by atoms with Crippen LogP contribution < -0.4 is 15.4 Å². The first kappa shape index (κ1) is 23.9. The number of halogens is 1. The first-order valence-corrected chi connectivity index (χ1v) is 10.9. The zero-order valence-electron chi connectivity index (χ0n) is 15.7. The van der Waals surface area contributed by atoms with Crippen molar-refractivity contribution >= 4 is 51.3 Å². The van der Waals surface area contributed by atoms with Crippen LogP contribution in [-0.2, 0) is 10.0 Å². The van der Waals surface area contributed by atoms with Gasteiger partial charge in [0.25, 0.3) is 0 Å². The maximum Gasteiger partial charge on any atom is 0.250 e. The molecule has 0 bridgehead atoms. The van der Waals surface area contributed by atoms with Gasteiger partial charge in [-0.1, -0.05) is 43.3 Å². The lowest BCUT2D eigenvalue weighted by Gasteiger charge is -2.24. The standard InChI is InChI=1S/C18H26N4O2S2.HI/c1-14(16-8-5-4-6-9-16)15(2)22-18(19-3)20-11-12-21-26(23,24)17-10-7-13-25-17;/h4-10,13-15,21H,11-12H2,1-3H3,(H2,19,20,22);1H. The summed E-state index contributed by atoms with van der Waals surface area (Å²) in [6, 6.07) is 13.8. The number of nitrogens with zero attached hydrogens (tertiary/aromatic N) is 1. The van der Waals surface area contributed by atoms with Gasteiger partial charge in [0.05, 0.1) is 0 Å². The molecule has 0 radical (unpaired) electrons. The molecular weight excluding hydrogens is 495 g/mol. The Kier molecular flexibility index (Phi) is 10.3. The normalized spacial score (nSPS) is 14.1. The molecule has 1 heterocycles. The molecule has 0 spiro atoms. The zero-order chi connectivity index (χ0) is 19.0. The Morgan fingerprint density at radius 2 is 1.81 bits per heavy atom. The Hall–Kier alpha value is -1.17. The molecule has 9 heteroatoms. The van der Waals surface area contributed by atoms with Crippen molar-refractivity contribution in [3.63, 3.8) is 0 Å². The van der Waals surface area contributed by atoms with Gasteiger partial charge in [-0.3, -0.25) is 4.99 Å². The minimum atomic E-state index is -3.43. The van der Waals surface area contributed by atoms with Crippen LogP contribution in [0.5, 0.6) is 0 Å². The number of rotatable bonds is 8. The highest BCUT2D eigenvalue weighted by Gasteiger charge is 2.16. The van der Waals surface area contributed by atoms with Gasteiger partial charge in [-0.05, 0) is 23.9 Å². The van der Waals surface area contributed by atoms with Gasteiger partial charge in [-0.25, -0.2) is 13.1 Å². The maximum absolute atomic E-state index is 12.1. The van der Waals surface area contributed by atoms with E-state index in [0.717, 1.165) is 0 Å². The summed E-state index contributed by atoms with van der Waals surface area (Å²) in [6.45, 7) is 4.99. The third kappa shape index (κ3) is 7.40. The average Bonchev–Trinajstić information content (AvgIpc) is 3.20. The van der Waals surface area contributed by atoms with Gasteiger partial charge in [-0.2, -0.15) is 0 Å². The van der Waals surface area contributed by atoms with E-state index in [9.17, 15) is 8.42 Å². The van der Waals surface area contributed by atoms with Gasteiger partial charge in [0.1, 0.15) is 4.21 Å². The van der Waals surface area contributed by atoms with E-state index in [2.05, 4.69) is 46.3 Å². The molecule has 150 valence electrons. The smallest absolute Gasteiger partial charge is 0.250 e. The molecule has 0 amide bonds. The van der Waals surface area contributed by atoms with Crippen molar-refractivity contribution in [1.82, 2.24) is 15.4 Å². The lowest BCUT2D eigenvalue weighted by atomic mass is 9.94. The van der Waals surface area contributed by atoms with E-state index < -0.39 is 10.0 Å². The monoisotopic (exact) mass is 522 g/mol. The maximum atomic E-state index is 12.1. The van der Waals surface area contributed by atoms with Gasteiger partial charge in [0.15, 0.2) is 5.96 Å². The molecule has 1 aromatic carbocycles. The van der Waals surface area contributed by atoms with Crippen LogP contribution >= 0.6 is 35.3 Å². The SMILES string of the molecule is CN=C(NCCNS(=O)(=O)c1cccs1)NC(C)C(C)c1ccccc1.I. The molecule has 0 fully saturated rings. The summed E-state index contributed by atoms with van der Waals surface area (Å²) in [6.07, 6.45) is 0. The summed E-state index contributed by atoms with van der Waals surface area (Å²) < 4.78 is 27.0. The van der Waals surface area contributed by atoms with E-state index in [0.29, 0.717) is 22.6 Å². The predicted octanol–water partition coefficient (Wildman–Crippen LogP) is 3.00. The van der Waals surface area contributed by atoms with E-state index in [1.165, 1.54) is 16.9 Å². The number of thiophene rings is 1. The quantitative estimate of drug-likeness (QED) is 0.216. The van der Waals surface area contributed by atoms with Crippen LogP contribution in [0.2, 0.25) is 0 Å². The van der Waals surface area contributed by atoms with Crippen molar-refractivity contribution < 1.29 is 8.42 Å². The van der Waals surface area contributed by atoms with Crippen LogP contribution in [0.1, 0.15) is 25.3 Å². The molecule has 0 saturated heterocycles. The molecule has 2 aromatic rings. The van der Waals surface area contributed by atoms with Crippen molar-refractivity contribution in [3.05, 3.63) is 53.4 Å². The number of hydrogen-bond donors (Lipinski definition) is 3. The fraction of sp³-hybridized carbons (Fsp3) is 0.389. The van der Waals surface area contributed by atoms with Crippen molar-refractivity contribution in [1.29, 1.82) is 0 Å². The molecule has 3 N–H and O–H groups in total. The lowest BCUT2D eigenvalue weighted by Crippen LogP contribution is -2.46. The summed E-state index contributed by atoms with van der Waals surface area (Å²) in [5.41, 5.74) is 1.26. The average molecular weight is 522 g/mol. The van der Waals surface area contributed by atoms with Crippen molar-refractivity contribution in [2.45, 2.75) is 30.0 Å². The second kappa shape index (κ2) is 11.6. The van der Waals surface area contributed by atoms with E-state index >= 15 is 0 Å². The van der Waals surface area contributed by atoms with E-state index in [4.69, 9.17) is 0 Å². The van der Waals surface area contributed by atoms with Crippen molar-refractivity contribution in [2.75, 3.05) is 20.1 Å². The largest absolute Gasteiger partial charge is 0.355 e. The van der Waals surface area contributed by atoms with Gasteiger partial charge < -0.3 is 10.6 Å². The molecule has 0 aliphatic heterocycles. The molecular formula is C18H27IN4O2S2. The van der Waals surface area contributed by atoms with Gasteiger partial charge >= 0.3 is 0 Å². The van der Waals surface area contributed by atoms with Crippen molar-refractivity contribution in [3.8, 4) is 0 Å². The van der Waals surface area contributed by atoms with Gasteiger partial charge in [-0.15, -0.1) is 35.3 Å². The minimum absolute atomic E-state index is 0. The Morgan fingerprint density at radius 3 is 2.41 bits per heavy atom. The van der Waals surface area contributed by atoms with Crippen LogP contribution in [-0.4, -0.2) is 40.6 Å². The summed E-state index contributed by atoms with van der Waals surface area (Å²) >= 11 is 1.20. The minimum Gasteiger partial charge on any atom is -0.355 e. The summed E-state index contributed by atoms with van der Waals surface area (Å²) in [7, 11) is -1.73. The first-order chi connectivity index (χ1) is 12.4. The predicted molar refractivity (Wildman–Crippen MR) is 124 cm³/mol. The Balaban J connectivity index is 0.00000364. The highest BCUT2D eigenvalue weighted by Crippen LogP contribution is 2.18. The third-order valence-electron chi connectivity index (χ3n) is 4.13. The highest BCUT2D eigenvalue weighted by atomic mass is 127. The topological polar surface area (TPSA) is 82.6 Å². The van der Waals surface area contributed by atoms with E-state index in [-0.39, 0.29) is 36.6 Å². The Labute approximate surface area is 182 Å². The van der Waals surface area contributed by atoms with Crippen LogP contribution in [0.3, 0.4) is 0 Å². The number of aliphatic imine (C=N–C) groups is 1. The number of hydrogen-bond acceptors (Lipinski definition) is 4. The first-order valence-electron chi connectivity index (χ1n) is 8.49. The number of nitrogens with one attached hydrogen (secondary N) is 3. The molecule has 0 aliphatic carbocycles. The molecule has 1 aromatic heterocycles. The van der Waals surface area contributed by atoms with Crippen LogP contribution in [0.4, 0.5) is 0 Å². The van der Waals surface area contributed by atoms with E-state index in [1.54, 1.807) is 24.6 Å². The number of benzene rings is 1. The molecule has 0 aliphatic rings. The second-order valence-corrected chi connectivity index (χ2v) is 8.90. The lowest BCUT2D eigenvalue weighted by molar-refractivity contribution is 0.549. The third-order valence-corrected chi connectivity index (χ3v) is 6.99. The van der Waals surface area contributed by atoms with Crippen LogP contribution in [0, 0.1) is 0 Å². The zero-order valence-corrected chi connectivity index (χ0v) is 19.6. The van der Waals surface area contributed by atoms with Gasteiger partial charge in [0, 0.05) is 32.1 Å². The number of sulfonamides is 1. The van der Waals surface area contributed by atoms with Crippen LogP contribution in [0.25, 0.3) is 0 Å². The van der Waals surface area contributed by atoms with Crippen molar-refractivity contribution in [2.24, 2.45) is 4.99 Å². The Morgan fingerprint density at radius 1 is 1.11 bits per heavy atom. The Bertz CT molecular complexity index is 796. The molecule has 0 saturated carbocycles. The highest BCUT2D eigenvalue weighted by molar-refractivity contribution is 14.0. The molecule has 2 rings (SSSR count). The second-order valence-electron chi connectivity index (χ2n) is 5.96. The van der Waals surface area contributed by atoms with Gasteiger partial charge in [0.2, 0.25) is 10.0 Å². The number of guanidine groups is 1. The molecule has 27 heavy (non-hydrogen) atoms.